The van der Waals surface area contributed by atoms with Gasteiger partial charge in [0.1, 0.15) is 0 Å². The van der Waals surface area contributed by atoms with Gasteiger partial charge in [-0.2, -0.15) is 13.2 Å². The predicted octanol–water partition coefficient (Wildman–Crippen LogP) is 2.78. The van der Waals surface area contributed by atoms with Crippen LogP contribution in [0.1, 0.15) is 25.0 Å². The molecule has 1 fully saturated rings. The predicted molar refractivity (Wildman–Crippen MR) is 71.6 cm³/mol. The Morgan fingerprint density at radius 1 is 1.35 bits per heavy atom. The van der Waals surface area contributed by atoms with Crippen LogP contribution in [-0.4, -0.2) is 25.3 Å². The summed E-state index contributed by atoms with van der Waals surface area (Å²) in [5.74, 6) is 0. The van der Waals surface area contributed by atoms with E-state index in [4.69, 9.17) is 10.5 Å². The minimum absolute atomic E-state index is 0.122. The lowest BCUT2D eigenvalue weighted by atomic mass is 9.99. The smallest absolute Gasteiger partial charge is 0.377 e. The summed E-state index contributed by atoms with van der Waals surface area (Å²) in [4.78, 5) is 2.07. The highest BCUT2D eigenvalue weighted by atomic mass is 19.4. The van der Waals surface area contributed by atoms with Gasteiger partial charge in [0, 0.05) is 18.8 Å². The number of nitrogens with zero attached hydrogens (tertiary/aromatic N) is 1. The van der Waals surface area contributed by atoms with Crippen molar-refractivity contribution < 1.29 is 17.9 Å². The number of alkyl halides is 3. The van der Waals surface area contributed by atoms with Gasteiger partial charge in [0.05, 0.1) is 24.3 Å². The summed E-state index contributed by atoms with van der Waals surface area (Å²) in [6, 6.07) is 4.16. The van der Waals surface area contributed by atoms with Gasteiger partial charge < -0.3 is 15.4 Å². The number of nitrogens with two attached hydrogens (primary N) is 1. The summed E-state index contributed by atoms with van der Waals surface area (Å²) in [5.41, 5.74) is 5.45. The van der Waals surface area contributed by atoms with E-state index >= 15 is 0 Å². The lowest BCUT2D eigenvalue weighted by Crippen LogP contribution is -2.53. The summed E-state index contributed by atoms with van der Waals surface area (Å²) in [6.07, 6.45) is -4.37. The number of morpholine rings is 1. The second kappa shape index (κ2) is 5.26. The van der Waals surface area contributed by atoms with Crippen molar-refractivity contribution in [2.45, 2.75) is 32.1 Å². The fourth-order valence-corrected chi connectivity index (χ4v) is 2.53. The second-order valence-corrected chi connectivity index (χ2v) is 5.56. The van der Waals surface area contributed by atoms with Gasteiger partial charge in [-0.3, -0.25) is 0 Å². The normalized spacial score (nSPS) is 19.2. The van der Waals surface area contributed by atoms with Crippen molar-refractivity contribution in [1.82, 2.24) is 0 Å². The molecule has 2 rings (SSSR count). The first-order valence-electron chi connectivity index (χ1n) is 6.51. The zero-order valence-corrected chi connectivity index (χ0v) is 11.6. The summed E-state index contributed by atoms with van der Waals surface area (Å²) in [6.45, 7) is 5.65. The molecule has 0 unspecified atom stereocenters. The molecule has 2 N–H and O–H groups in total. The third-order valence-corrected chi connectivity index (χ3v) is 3.57. The number of anilines is 1. The second-order valence-electron chi connectivity index (χ2n) is 5.56. The van der Waals surface area contributed by atoms with E-state index in [-0.39, 0.29) is 17.6 Å². The molecule has 6 heteroatoms. The van der Waals surface area contributed by atoms with Crippen LogP contribution in [0.4, 0.5) is 18.9 Å². The van der Waals surface area contributed by atoms with Gasteiger partial charge in [-0.1, -0.05) is 0 Å². The Balaban J connectivity index is 2.39. The average molecular weight is 288 g/mol. The Bertz CT molecular complexity index is 486. The average Bonchev–Trinajstić information content (AvgIpc) is 2.36. The molecule has 0 aliphatic carbocycles. The van der Waals surface area contributed by atoms with Crippen molar-refractivity contribution in [3.8, 4) is 0 Å². The van der Waals surface area contributed by atoms with Crippen LogP contribution in [-0.2, 0) is 17.5 Å². The van der Waals surface area contributed by atoms with Crippen LogP contribution in [0.15, 0.2) is 18.2 Å². The fourth-order valence-electron chi connectivity index (χ4n) is 2.53. The third kappa shape index (κ3) is 2.91. The van der Waals surface area contributed by atoms with Gasteiger partial charge in [-0.05, 0) is 37.6 Å². The Morgan fingerprint density at radius 2 is 2.05 bits per heavy atom. The highest BCUT2D eigenvalue weighted by Gasteiger charge is 2.35. The van der Waals surface area contributed by atoms with Gasteiger partial charge in [0.2, 0.25) is 0 Å². The summed E-state index contributed by atoms with van der Waals surface area (Å²) >= 11 is 0. The van der Waals surface area contributed by atoms with E-state index < -0.39 is 11.7 Å². The van der Waals surface area contributed by atoms with Crippen LogP contribution in [0.2, 0.25) is 0 Å². The standard InChI is InChI=1S/C14H19F3N2O/c1-13(2)9-20-6-5-19(13)11-3-4-12(14(15,16)17)10(7-11)8-18/h3-4,7H,5-6,8-9,18H2,1-2H3. The van der Waals surface area contributed by atoms with E-state index in [9.17, 15) is 13.2 Å². The summed E-state index contributed by atoms with van der Waals surface area (Å²) in [7, 11) is 0. The van der Waals surface area contributed by atoms with Gasteiger partial charge in [0.25, 0.3) is 0 Å². The first kappa shape index (κ1) is 15.1. The minimum atomic E-state index is -4.37. The molecule has 3 nitrogen and oxygen atoms in total. The number of hydrogen-bond donors (Lipinski definition) is 1. The van der Waals surface area contributed by atoms with Gasteiger partial charge in [0.15, 0.2) is 0 Å². The Morgan fingerprint density at radius 3 is 2.60 bits per heavy atom. The number of rotatable bonds is 2. The molecular formula is C14H19F3N2O. The molecule has 1 heterocycles. The van der Waals surface area contributed by atoms with Crippen molar-refractivity contribution in [3.05, 3.63) is 29.3 Å². The molecular weight excluding hydrogens is 269 g/mol. The van der Waals surface area contributed by atoms with Crippen molar-refractivity contribution in [3.63, 3.8) is 0 Å². The van der Waals surface area contributed by atoms with E-state index in [2.05, 4.69) is 4.90 Å². The van der Waals surface area contributed by atoms with Crippen molar-refractivity contribution in [2.75, 3.05) is 24.7 Å². The topological polar surface area (TPSA) is 38.5 Å². The molecule has 0 atom stereocenters. The van der Waals surface area contributed by atoms with E-state index in [0.717, 1.165) is 11.8 Å². The molecule has 1 aromatic rings. The maximum atomic E-state index is 12.9. The zero-order chi connectivity index (χ0) is 15.0. The van der Waals surface area contributed by atoms with E-state index in [0.29, 0.717) is 19.8 Å². The molecule has 0 bridgehead atoms. The largest absolute Gasteiger partial charge is 0.416 e. The maximum absolute atomic E-state index is 12.9. The van der Waals surface area contributed by atoms with Crippen LogP contribution < -0.4 is 10.6 Å². The van der Waals surface area contributed by atoms with Crippen LogP contribution >= 0.6 is 0 Å². The van der Waals surface area contributed by atoms with Crippen LogP contribution in [0.5, 0.6) is 0 Å². The molecule has 0 amide bonds. The number of ether oxygens (including phenoxy) is 1. The molecule has 1 aliphatic rings. The zero-order valence-electron chi connectivity index (χ0n) is 11.6. The minimum Gasteiger partial charge on any atom is -0.377 e. The molecule has 1 saturated heterocycles. The van der Waals surface area contributed by atoms with Crippen LogP contribution in [0.25, 0.3) is 0 Å². The molecule has 0 aromatic heterocycles. The number of benzene rings is 1. The molecule has 0 spiro atoms. The molecule has 0 saturated carbocycles. The van der Waals surface area contributed by atoms with E-state index in [1.54, 1.807) is 0 Å². The Labute approximate surface area is 116 Å². The maximum Gasteiger partial charge on any atom is 0.416 e. The van der Waals surface area contributed by atoms with Crippen LogP contribution in [0.3, 0.4) is 0 Å². The van der Waals surface area contributed by atoms with Gasteiger partial charge in [-0.25, -0.2) is 0 Å². The lowest BCUT2D eigenvalue weighted by molar-refractivity contribution is -0.138. The lowest BCUT2D eigenvalue weighted by Gasteiger charge is -2.44. The summed E-state index contributed by atoms with van der Waals surface area (Å²) < 4.78 is 44.0. The highest BCUT2D eigenvalue weighted by Crippen LogP contribution is 2.35. The monoisotopic (exact) mass is 288 g/mol. The van der Waals surface area contributed by atoms with E-state index in [1.807, 2.05) is 13.8 Å². The molecule has 1 aliphatic heterocycles. The van der Waals surface area contributed by atoms with E-state index in [1.165, 1.54) is 12.1 Å². The van der Waals surface area contributed by atoms with Gasteiger partial charge in [-0.15, -0.1) is 0 Å². The van der Waals surface area contributed by atoms with Gasteiger partial charge >= 0.3 is 6.18 Å². The van der Waals surface area contributed by atoms with Crippen molar-refractivity contribution in [1.29, 1.82) is 0 Å². The first-order chi connectivity index (χ1) is 9.25. The first-order valence-corrected chi connectivity index (χ1v) is 6.51. The fraction of sp³-hybridized carbons (Fsp3) is 0.571. The van der Waals surface area contributed by atoms with Crippen LogP contribution in [0, 0.1) is 0 Å². The quantitative estimate of drug-likeness (QED) is 0.909. The Hall–Kier alpha value is -1.27. The Kier molecular flexibility index (Phi) is 3.97. The molecule has 112 valence electrons. The molecule has 20 heavy (non-hydrogen) atoms. The van der Waals surface area contributed by atoms with Crippen molar-refractivity contribution >= 4 is 5.69 Å². The molecule has 0 radical (unpaired) electrons. The van der Waals surface area contributed by atoms with Crippen molar-refractivity contribution in [2.24, 2.45) is 5.73 Å². The SMILES string of the molecule is CC1(C)COCCN1c1ccc(C(F)(F)F)c(CN)c1. The molecule has 1 aromatic carbocycles. The number of halogens is 3. The summed E-state index contributed by atoms with van der Waals surface area (Å²) in [5, 5.41) is 0. The highest BCUT2D eigenvalue weighted by molar-refractivity contribution is 5.54. The third-order valence-electron chi connectivity index (χ3n) is 3.57. The number of hydrogen-bond acceptors (Lipinski definition) is 3.